The van der Waals surface area contributed by atoms with E-state index < -0.39 is 0 Å². The standard InChI is InChI=1S/C13H24N2/c1-9-5-11(6-9)14-12-7-10(2)15(8-12)13-3-4-13/h9-14H,3-8H2,1-2H3. The first-order valence-corrected chi connectivity index (χ1v) is 6.74. The largest absolute Gasteiger partial charge is 0.310 e. The van der Waals surface area contributed by atoms with Gasteiger partial charge in [-0.25, -0.2) is 0 Å². The fourth-order valence-electron chi connectivity index (χ4n) is 3.46. The van der Waals surface area contributed by atoms with Crippen LogP contribution < -0.4 is 5.32 Å². The maximum Gasteiger partial charge on any atom is 0.0212 e. The van der Waals surface area contributed by atoms with Crippen molar-refractivity contribution in [1.82, 2.24) is 10.2 Å². The zero-order valence-corrected chi connectivity index (χ0v) is 10.1. The molecule has 0 radical (unpaired) electrons. The molecule has 0 aromatic heterocycles. The van der Waals surface area contributed by atoms with Gasteiger partial charge in [0.15, 0.2) is 0 Å². The molecule has 15 heavy (non-hydrogen) atoms. The predicted octanol–water partition coefficient (Wildman–Crippen LogP) is 2.00. The van der Waals surface area contributed by atoms with Crippen molar-refractivity contribution >= 4 is 0 Å². The lowest BCUT2D eigenvalue weighted by molar-refractivity contribution is 0.215. The number of likely N-dealkylation sites (tertiary alicyclic amines) is 1. The second-order valence-corrected chi connectivity index (χ2v) is 6.15. The molecule has 3 fully saturated rings. The molecular weight excluding hydrogens is 184 g/mol. The molecule has 2 unspecified atom stereocenters. The van der Waals surface area contributed by atoms with Gasteiger partial charge in [0.05, 0.1) is 0 Å². The minimum Gasteiger partial charge on any atom is -0.310 e. The molecule has 1 heterocycles. The van der Waals surface area contributed by atoms with Crippen molar-refractivity contribution in [2.75, 3.05) is 6.54 Å². The normalized spacial score (nSPS) is 46.8. The average Bonchev–Trinajstić information content (AvgIpc) is 2.90. The molecule has 2 aliphatic carbocycles. The number of hydrogen-bond donors (Lipinski definition) is 1. The fourth-order valence-corrected chi connectivity index (χ4v) is 3.46. The zero-order valence-electron chi connectivity index (χ0n) is 10.1. The number of nitrogens with zero attached hydrogens (tertiary/aromatic N) is 1. The first-order valence-electron chi connectivity index (χ1n) is 6.74. The summed E-state index contributed by atoms with van der Waals surface area (Å²) in [5, 5.41) is 3.85. The van der Waals surface area contributed by atoms with Crippen LogP contribution >= 0.6 is 0 Å². The molecule has 2 saturated carbocycles. The van der Waals surface area contributed by atoms with Gasteiger partial charge in [-0.1, -0.05) is 6.92 Å². The van der Waals surface area contributed by atoms with Gasteiger partial charge in [0.2, 0.25) is 0 Å². The van der Waals surface area contributed by atoms with Crippen LogP contribution in [0.5, 0.6) is 0 Å². The SMILES string of the molecule is CC1CC(NC2CC(C)N(C3CC3)C2)C1. The van der Waals surface area contributed by atoms with Crippen LogP contribution in [0.15, 0.2) is 0 Å². The summed E-state index contributed by atoms with van der Waals surface area (Å²) in [6.45, 7) is 6.09. The van der Waals surface area contributed by atoms with Crippen LogP contribution in [0.4, 0.5) is 0 Å². The topological polar surface area (TPSA) is 15.3 Å². The summed E-state index contributed by atoms with van der Waals surface area (Å²) in [6, 6.07) is 3.41. The molecule has 86 valence electrons. The Kier molecular flexibility index (Phi) is 2.52. The van der Waals surface area contributed by atoms with Crippen molar-refractivity contribution in [2.45, 2.75) is 70.1 Å². The highest BCUT2D eigenvalue weighted by atomic mass is 15.3. The molecular formula is C13H24N2. The average molecular weight is 208 g/mol. The first kappa shape index (κ1) is 10.1. The molecule has 2 nitrogen and oxygen atoms in total. The lowest BCUT2D eigenvalue weighted by atomic mass is 9.81. The first-order chi connectivity index (χ1) is 7.22. The van der Waals surface area contributed by atoms with E-state index in [9.17, 15) is 0 Å². The van der Waals surface area contributed by atoms with Crippen LogP contribution in [-0.2, 0) is 0 Å². The maximum atomic E-state index is 3.85. The molecule has 2 atom stereocenters. The van der Waals surface area contributed by atoms with Crippen molar-refractivity contribution in [3.05, 3.63) is 0 Å². The second kappa shape index (κ2) is 3.74. The lowest BCUT2D eigenvalue weighted by Crippen LogP contribution is -2.46. The van der Waals surface area contributed by atoms with Gasteiger partial charge < -0.3 is 5.32 Å². The maximum absolute atomic E-state index is 3.85. The molecule has 1 aliphatic heterocycles. The molecule has 3 rings (SSSR count). The number of hydrogen-bond acceptors (Lipinski definition) is 2. The van der Waals surface area contributed by atoms with Crippen LogP contribution in [0.25, 0.3) is 0 Å². The van der Waals surface area contributed by atoms with E-state index in [1.165, 1.54) is 38.6 Å². The van der Waals surface area contributed by atoms with Crippen molar-refractivity contribution in [1.29, 1.82) is 0 Å². The van der Waals surface area contributed by atoms with E-state index in [0.717, 1.165) is 30.1 Å². The van der Waals surface area contributed by atoms with Crippen LogP contribution in [0.3, 0.4) is 0 Å². The third kappa shape index (κ3) is 2.07. The van der Waals surface area contributed by atoms with Gasteiger partial charge in [-0.05, 0) is 44.9 Å². The monoisotopic (exact) mass is 208 g/mol. The van der Waals surface area contributed by atoms with Crippen molar-refractivity contribution < 1.29 is 0 Å². The smallest absolute Gasteiger partial charge is 0.0212 e. The Bertz CT molecular complexity index is 231. The van der Waals surface area contributed by atoms with E-state index in [2.05, 4.69) is 24.1 Å². The predicted molar refractivity (Wildman–Crippen MR) is 62.9 cm³/mol. The Labute approximate surface area is 93.4 Å². The summed E-state index contributed by atoms with van der Waals surface area (Å²) in [7, 11) is 0. The molecule has 2 heteroatoms. The van der Waals surface area contributed by atoms with E-state index in [1.807, 2.05) is 0 Å². The Morgan fingerprint density at radius 3 is 2.33 bits per heavy atom. The van der Waals surface area contributed by atoms with Gasteiger partial charge in [0.25, 0.3) is 0 Å². The minimum absolute atomic E-state index is 0.790. The van der Waals surface area contributed by atoms with Crippen molar-refractivity contribution in [2.24, 2.45) is 5.92 Å². The molecule has 1 saturated heterocycles. The summed E-state index contributed by atoms with van der Waals surface area (Å²) in [5.41, 5.74) is 0. The zero-order chi connectivity index (χ0) is 10.4. The second-order valence-electron chi connectivity index (χ2n) is 6.15. The fraction of sp³-hybridized carbons (Fsp3) is 1.00. The van der Waals surface area contributed by atoms with Gasteiger partial charge in [-0.3, -0.25) is 4.90 Å². The third-order valence-electron chi connectivity index (χ3n) is 4.48. The summed E-state index contributed by atoms with van der Waals surface area (Å²) in [5.74, 6) is 0.973. The molecule has 0 spiro atoms. The van der Waals surface area contributed by atoms with Gasteiger partial charge in [0, 0.05) is 30.7 Å². The van der Waals surface area contributed by atoms with E-state index >= 15 is 0 Å². The number of nitrogens with one attached hydrogen (secondary N) is 1. The molecule has 0 aromatic carbocycles. The Balaban J connectivity index is 1.47. The summed E-state index contributed by atoms with van der Waals surface area (Å²) < 4.78 is 0. The summed E-state index contributed by atoms with van der Waals surface area (Å²) in [6.07, 6.45) is 7.11. The Morgan fingerprint density at radius 2 is 1.73 bits per heavy atom. The summed E-state index contributed by atoms with van der Waals surface area (Å²) in [4.78, 5) is 2.74. The molecule has 0 bridgehead atoms. The molecule has 0 aromatic rings. The van der Waals surface area contributed by atoms with Crippen molar-refractivity contribution in [3.8, 4) is 0 Å². The van der Waals surface area contributed by atoms with Gasteiger partial charge in [-0.2, -0.15) is 0 Å². The molecule has 3 aliphatic rings. The minimum atomic E-state index is 0.790. The van der Waals surface area contributed by atoms with Crippen LogP contribution in [0, 0.1) is 5.92 Å². The highest BCUT2D eigenvalue weighted by molar-refractivity contribution is 4.97. The quantitative estimate of drug-likeness (QED) is 0.763. The third-order valence-corrected chi connectivity index (χ3v) is 4.48. The highest BCUT2D eigenvalue weighted by Gasteiger charge is 2.39. The lowest BCUT2D eigenvalue weighted by Gasteiger charge is -2.35. The van der Waals surface area contributed by atoms with Gasteiger partial charge in [-0.15, -0.1) is 0 Å². The van der Waals surface area contributed by atoms with Crippen molar-refractivity contribution in [3.63, 3.8) is 0 Å². The van der Waals surface area contributed by atoms with E-state index in [4.69, 9.17) is 0 Å². The van der Waals surface area contributed by atoms with Gasteiger partial charge >= 0.3 is 0 Å². The molecule has 1 N–H and O–H groups in total. The van der Waals surface area contributed by atoms with E-state index in [1.54, 1.807) is 0 Å². The van der Waals surface area contributed by atoms with Crippen LogP contribution in [-0.4, -0.2) is 35.6 Å². The van der Waals surface area contributed by atoms with Crippen LogP contribution in [0.1, 0.15) is 46.0 Å². The van der Waals surface area contributed by atoms with E-state index in [0.29, 0.717) is 0 Å². The van der Waals surface area contributed by atoms with Crippen LogP contribution in [0.2, 0.25) is 0 Å². The van der Waals surface area contributed by atoms with Gasteiger partial charge in [0.1, 0.15) is 0 Å². The Hall–Kier alpha value is -0.0800. The summed E-state index contributed by atoms with van der Waals surface area (Å²) >= 11 is 0. The Morgan fingerprint density at radius 1 is 1.00 bits per heavy atom. The molecule has 0 amide bonds. The highest BCUT2D eigenvalue weighted by Crippen LogP contribution is 2.34. The van der Waals surface area contributed by atoms with E-state index in [-0.39, 0.29) is 0 Å². The number of rotatable bonds is 3.